The summed E-state index contributed by atoms with van der Waals surface area (Å²) in [4.78, 5) is 32.7. The fraction of sp³-hybridized carbons (Fsp3) is 0.481. The van der Waals surface area contributed by atoms with E-state index in [9.17, 15) is 9.59 Å². The summed E-state index contributed by atoms with van der Waals surface area (Å²) in [5.74, 6) is 0.647. The maximum Gasteiger partial charge on any atom is 0.311 e. The first-order chi connectivity index (χ1) is 17.4. The van der Waals surface area contributed by atoms with Crippen LogP contribution in [0.2, 0.25) is 0 Å². The quantitative estimate of drug-likeness (QED) is 0.200. The van der Waals surface area contributed by atoms with Gasteiger partial charge in [0.2, 0.25) is 5.91 Å². The van der Waals surface area contributed by atoms with Gasteiger partial charge in [0.25, 0.3) is 0 Å². The number of esters is 1. The van der Waals surface area contributed by atoms with Crippen LogP contribution in [-0.2, 0) is 20.9 Å². The number of aromatic nitrogens is 3. The van der Waals surface area contributed by atoms with E-state index in [0.29, 0.717) is 24.8 Å². The second-order valence-electron chi connectivity index (χ2n) is 9.28. The zero-order valence-electron chi connectivity index (χ0n) is 21.4. The summed E-state index contributed by atoms with van der Waals surface area (Å²) < 4.78 is 13.0. The van der Waals surface area contributed by atoms with E-state index in [-0.39, 0.29) is 11.9 Å². The Morgan fingerprint density at radius 1 is 1.11 bits per heavy atom. The number of thiazole rings is 1. The Labute approximate surface area is 217 Å². The summed E-state index contributed by atoms with van der Waals surface area (Å²) in [5.41, 5.74) is 1.36. The van der Waals surface area contributed by atoms with Crippen LogP contribution in [0.1, 0.15) is 59.3 Å². The highest BCUT2D eigenvalue weighted by Crippen LogP contribution is 2.27. The van der Waals surface area contributed by atoms with Crippen LogP contribution >= 0.6 is 11.3 Å². The van der Waals surface area contributed by atoms with Crippen molar-refractivity contribution in [3.63, 3.8) is 0 Å². The van der Waals surface area contributed by atoms with Crippen LogP contribution in [0.3, 0.4) is 0 Å². The van der Waals surface area contributed by atoms with E-state index < -0.39 is 5.41 Å². The number of nitrogens with one attached hydrogen (secondary N) is 1. The number of nitrogens with zero attached hydrogens (tertiary/aromatic N) is 3. The summed E-state index contributed by atoms with van der Waals surface area (Å²) in [6, 6.07) is 7.83. The molecule has 0 aliphatic carbocycles. The molecule has 3 aromatic rings. The number of rotatable bonds is 15. The molecule has 0 saturated heterocycles. The molecular weight excluding hydrogens is 476 g/mol. The van der Waals surface area contributed by atoms with Gasteiger partial charge in [-0.3, -0.25) is 9.59 Å². The second kappa shape index (κ2) is 13.8. The van der Waals surface area contributed by atoms with Gasteiger partial charge < -0.3 is 19.4 Å². The smallest absolute Gasteiger partial charge is 0.311 e. The molecule has 1 amide bonds. The van der Waals surface area contributed by atoms with E-state index in [4.69, 9.17) is 9.47 Å². The lowest BCUT2D eigenvalue weighted by Gasteiger charge is -2.21. The standard InChI is InChI=1S/C27H36N4O4S/c1-4-34-25(33)27(2,3)14-6-5-7-18-35-22-12-10-21(11-13-22)23-19-36-26(29-23)30-24(32)9-8-16-31-17-15-28-20-31/h10-13,15,17,19-20H,4-9,14,16,18H2,1-3H3,(H,29,30,32). The van der Waals surface area contributed by atoms with Crippen molar-refractivity contribution in [2.45, 2.75) is 65.8 Å². The molecular formula is C27H36N4O4S. The number of unbranched alkanes of at least 4 members (excludes halogenated alkanes) is 2. The van der Waals surface area contributed by atoms with E-state index in [0.717, 1.165) is 55.7 Å². The number of imidazole rings is 1. The van der Waals surface area contributed by atoms with E-state index >= 15 is 0 Å². The maximum atomic E-state index is 12.2. The normalized spacial score (nSPS) is 11.3. The molecule has 0 spiro atoms. The maximum absolute atomic E-state index is 12.2. The van der Waals surface area contributed by atoms with Crippen molar-refractivity contribution in [3.05, 3.63) is 48.4 Å². The number of hydrogen-bond acceptors (Lipinski definition) is 7. The van der Waals surface area contributed by atoms with Crippen molar-refractivity contribution in [1.82, 2.24) is 14.5 Å². The number of carbonyl (C=O) groups is 2. The highest BCUT2D eigenvalue weighted by Gasteiger charge is 2.28. The van der Waals surface area contributed by atoms with Crippen LogP contribution in [0.4, 0.5) is 5.13 Å². The van der Waals surface area contributed by atoms with Crippen LogP contribution in [0.5, 0.6) is 5.75 Å². The number of amides is 1. The third kappa shape index (κ3) is 8.78. The number of hydrogen-bond donors (Lipinski definition) is 1. The highest BCUT2D eigenvalue weighted by molar-refractivity contribution is 7.14. The Bertz CT molecular complexity index is 1080. The molecule has 0 unspecified atom stereocenters. The number of anilines is 1. The third-order valence-electron chi connectivity index (χ3n) is 5.82. The van der Waals surface area contributed by atoms with Crippen LogP contribution < -0.4 is 10.1 Å². The predicted octanol–water partition coefficient (Wildman–Crippen LogP) is 5.95. The first-order valence-corrected chi connectivity index (χ1v) is 13.4. The molecule has 1 N–H and O–H groups in total. The zero-order valence-corrected chi connectivity index (χ0v) is 22.2. The Morgan fingerprint density at radius 3 is 2.64 bits per heavy atom. The molecule has 0 bridgehead atoms. The Balaban J connectivity index is 1.35. The topological polar surface area (TPSA) is 95.3 Å². The van der Waals surface area contributed by atoms with Crippen molar-refractivity contribution in [2.24, 2.45) is 5.41 Å². The average molecular weight is 513 g/mol. The zero-order chi connectivity index (χ0) is 25.8. The van der Waals surface area contributed by atoms with Crippen molar-refractivity contribution < 1.29 is 19.1 Å². The molecule has 0 atom stereocenters. The van der Waals surface area contributed by atoms with Gasteiger partial charge in [-0.25, -0.2) is 9.97 Å². The first kappa shape index (κ1) is 27.4. The molecule has 0 radical (unpaired) electrons. The van der Waals surface area contributed by atoms with Gasteiger partial charge in [-0.05, 0) is 64.3 Å². The van der Waals surface area contributed by atoms with E-state index in [2.05, 4.69) is 15.3 Å². The fourth-order valence-electron chi connectivity index (χ4n) is 3.67. The van der Waals surface area contributed by atoms with E-state index in [1.807, 2.05) is 61.2 Å². The summed E-state index contributed by atoms with van der Waals surface area (Å²) in [6.07, 6.45) is 10.2. The second-order valence-corrected chi connectivity index (χ2v) is 10.1. The van der Waals surface area contributed by atoms with Crippen LogP contribution in [-0.4, -0.2) is 39.6 Å². The van der Waals surface area contributed by atoms with Gasteiger partial charge >= 0.3 is 5.97 Å². The molecule has 1 aromatic carbocycles. The van der Waals surface area contributed by atoms with E-state index in [1.54, 1.807) is 12.5 Å². The van der Waals surface area contributed by atoms with Gasteiger partial charge in [0.15, 0.2) is 5.13 Å². The van der Waals surface area contributed by atoms with Crippen LogP contribution in [0, 0.1) is 5.41 Å². The fourth-order valence-corrected chi connectivity index (χ4v) is 4.41. The van der Waals surface area contributed by atoms with Crippen molar-refractivity contribution in [2.75, 3.05) is 18.5 Å². The molecule has 194 valence electrons. The highest BCUT2D eigenvalue weighted by atomic mass is 32.1. The van der Waals surface area contributed by atoms with Gasteiger partial charge in [-0.1, -0.05) is 12.8 Å². The first-order valence-electron chi connectivity index (χ1n) is 12.5. The summed E-state index contributed by atoms with van der Waals surface area (Å²) in [7, 11) is 0. The minimum atomic E-state index is -0.439. The lowest BCUT2D eigenvalue weighted by atomic mass is 9.87. The molecule has 9 heteroatoms. The lowest BCUT2D eigenvalue weighted by molar-refractivity contribution is -0.153. The van der Waals surface area contributed by atoms with Crippen molar-refractivity contribution in [1.29, 1.82) is 0 Å². The van der Waals surface area contributed by atoms with Gasteiger partial charge in [0, 0.05) is 36.3 Å². The summed E-state index contributed by atoms with van der Waals surface area (Å²) in [6.45, 7) is 7.52. The molecule has 0 saturated carbocycles. The third-order valence-corrected chi connectivity index (χ3v) is 6.58. The Hall–Kier alpha value is -3.20. The summed E-state index contributed by atoms with van der Waals surface area (Å²) >= 11 is 1.42. The number of carbonyl (C=O) groups excluding carboxylic acids is 2. The van der Waals surface area contributed by atoms with Crippen molar-refractivity contribution >= 4 is 28.3 Å². The number of aryl methyl sites for hydroxylation is 1. The number of ether oxygens (including phenoxy) is 2. The van der Waals surface area contributed by atoms with Gasteiger partial charge in [-0.15, -0.1) is 11.3 Å². The molecule has 8 nitrogen and oxygen atoms in total. The predicted molar refractivity (Wildman–Crippen MR) is 142 cm³/mol. The molecule has 2 heterocycles. The largest absolute Gasteiger partial charge is 0.494 e. The molecule has 36 heavy (non-hydrogen) atoms. The molecule has 0 aliphatic heterocycles. The Kier molecular flexibility index (Phi) is 10.5. The monoisotopic (exact) mass is 512 g/mol. The Morgan fingerprint density at radius 2 is 1.92 bits per heavy atom. The average Bonchev–Trinajstić information content (AvgIpc) is 3.54. The SMILES string of the molecule is CCOC(=O)C(C)(C)CCCCCOc1ccc(-c2csc(NC(=O)CCCn3ccnc3)n2)cc1. The molecule has 3 rings (SSSR count). The summed E-state index contributed by atoms with van der Waals surface area (Å²) in [5, 5.41) is 5.42. The van der Waals surface area contributed by atoms with Crippen LogP contribution in [0.15, 0.2) is 48.4 Å². The van der Waals surface area contributed by atoms with Gasteiger partial charge in [0.05, 0.1) is 30.7 Å². The van der Waals surface area contributed by atoms with Gasteiger partial charge in [-0.2, -0.15) is 0 Å². The molecule has 0 fully saturated rings. The van der Waals surface area contributed by atoms with Gasteiger partial charge in [0.1, 0.15) is 5.75 Å². The lowest BCUT2D eigenvalue weighted by Crippen LogP contribution is -2.26. The van der Waals surface area contributed by atoms with E-state index in [1.165, 1.54) is 11.3 Å². The van der Waals surface area contributed by atoms with Crippen molar-refractivity contribution in [3.8, 4) is 17.0 Å². The number of benzene rings is 1. The molecule has 2 aromatic heterocycles. The van der Waals surface area contributed by atoms with Crippen LogP contribution in [0.25, 0.3) is 11.3 Å². The minimum absolute atomic E-state index is 0.0378. The minimum Gasteiger partial charge on any atom is -0.494 e. The molecule has 0 aliphatic rings.